The van der Waals surface area contributed by atoms with E-state index in [0.29, 0.717) is 12.5 Å². The lowest BCUT2D eigenvalue weighted by molar-refractivity contribution is -0.139. The number of likely N-dealkylation sites (N-methyl/N-ethyl adjacent to an activating group) is 1. The molecule has 0 saturated carbocycles. The van der Waals surface area contributed by atoms with Gasteiger partial charge in [0.05, 0.1) is 6.54 Å². The van der Waals surface area contributed by atoms with Gasteiger partial charge in [0.1, 0.15) is 18.5 Å². The van der Waals surface area contributed by atoms with Gasteiger partial charge < -0.3 is 9.80 Å². The van der Waals surface area contributed by atoms with E-state index in [1.54, 1.807) is 11.9 Å². The summed E-state index contributed by atoms with van der Waals surface area (Å²) < 4.78 is 0. The van der Waals surface area contributed by atoms with Crippen LogP contribution >= 0.6 is 0 Å². The van der Waals surface area contributed by atoms with Gasteiger partial charge in [0.15, 0.2) is 0 Å². The maximum absolute atomic E-state index is 13.8. The summed E-state index contributed by atoms with van der Waals surface area (Å²) in [5.41, 5.74) is 5.57. The van der Waals surface area contributed by atoms with E-state index in [2.05, 4.69) is 71.4 Å². The molecular weight excluding hydrogens is 414 g/mol. The zero-order valence-corrected chi connectivity index (χ0v) is 20.1. The highest BCUT2D eigenvalue weighted by atomic mass is 16.2. The molecule has 2 aromatic carbocycles. The van der Waals surface area contributed by atoms with Crippen molar-refractivity contribution in [1.82, 2.24) is 20.0 Å². The van der Waals surface area contributed by atoms with Gasteiger partial charge in [-0.05, 0) is 55.5 Å². The number of imide groups is 1. The van der Waals surface area contributed by atoms with Crippen LogP contribution in [0.25, 0.3) is 0 Å². The Hall–Kier alpha value is -2.90. The molecule has 4 unspecified atom stereocenters. The highest BCUT2D eigenvalue weighted by molar-refractivity contribution is 6.00. The molecule has 3 saturated heterocycles. The molecule has 7 heteroatoms. The second kappa shape index (κ2) is 8.15. The van der Waals surface area contributed by atoms with Crippen LogP contribution < -0.4 is 10.2 Å². The van der Waals surface area contributed by atoms with E-state index in [4.69, 9.17) is 0 Å². The predicted octanol–water partition coefficient (Wildman–Crippen LogP) is 3.05. The predicted molar refractivity (Wildman–Crippen MR) is 129 cm³/mol. The van der Waals surface area contributed by atoms with Crippen LogP contribution in [-0.2, 0) is 11.3 Å². The summed E-state index contributed by atoms with van der Waals surface area (Å²) in [6.07, 6.45) is -0.472. The second-order valence-corrected chi connectivity index (χ2v) is 9.97. The fourth-order valence-electron chi connectivity index (χ4n) is 5.51. The van der Waals surface area contributed by atoms with Gasteiger partial charge in [-0.3, -0.25) is 19.9 Å². The molecule has 3 amide bonds. The van der Waals surface area contributed by atoms with Crippen LogP contribution in [0.5, 0.6) is 0 Å². The van der Waals surface area contributed by atoms with Gasteiger partial charge in [-0.1, -0.05) is 42.8 Å². The first-order valence-corrected chi connectivity index (χ1v) is 11.7. The SMILES string of the molecule is Cc1cccc(N2CC(C)CN3C4C(=O)N(Cc5cc(C)ccc5C)C(=O)N(C)C4NC23)c1. The Morgan fingerprint density at radius 2 is 1.76 bits per heavy atom. The first-order valence-electron chi connectivity index (χ1n) is 11.7. The van der Waals surface area contributed by atoms with E-state index < -0.39 is 6.04 Å². The largest absolute Gasteiger partial charge is 0.343 e. The van der Waals surface area contributed by atoms with E-state index in [1.807, 2.05) is 13.8 Å². The van der Waals surface area contributed by atoms with Gasteiger partial charge in [0.2, 0.25) is 0 Å². The van der Waals surface area contributed by atoms with E-state index in [9.17, 15) is 9.59 Å². The Labute approximate surface area is 195 Å². The van der Waals surface area contributed by atoms with Gasteiger partial charge in [0.25, 0.3) is 5.91 Å². The Morgan fingerprint density at radius 1 is 1.00 bits per heavy atom. The topological polar surface area (TPSA) is 59.1 Å². The van der Waals surface area contributed by atoms with Crippen molar-refractivity contribution in [3.05, 3.63) is 64.7 Å². The molecule has 5 rings (SSSR count). The highest BCUT2D eigenvalue weighted by Crippen LogP contribution is 2.35. The van der Waals surface area contributed by atoms with Gasteiger partial charge in [-0.2, -0.15) is 0 Å². The summed E-state index contributed by atoms with van der Waals surface area (Å²) in [6, 6.07) is 14.0. The fraction of sp³-hybridized carbons (Fsp3) is 0.462. The van der Waals surface area contributed by atoms with Gasteiger partial charge in [-0.15, -0.1) is 0 Å². The molecular formula is C26H33N5O2. The number of hydrogen-bond acceptors (Lipinski definition) is 5. The molecule has 0 spiro atoms. The number of hydrogen-bond donors (Lipinski definition) is 1. The molecule has 1 N–H and O–H groups in total. The molecule has 3 fully saturated rings. The summed E-state index contributed by atoms with van der Waals surface area (Å²) in [7, 11) is 1.80. The number of aryl methyl sites for hydroxylation is 3. The number of amides is 3. The van der Waals surface area contributed by atoms with Crippen molar-refractivity contribution in [2.24, 2.45) is 5.92 Å². The molecule has 4 atom stereocenters. The van der Waals surface area contributed by atoms with Crippen LogP contribution in [-0.4, -0.2) is 65.3 Å². The first-order chi connectivity index (χ1) is 15.7. The zero-order valence-electron chi connectivity index (χ0n) is 20.1. The van der Waals surface area contributed by atoms with E-state index in [-0.39, 0.29) is 24.4 Å². The van der Waals surface area contributed by atoms with Crippen molar-refractivity contribution in [1.29, 1.82) is 0 Å². The monoisotopic (exact) mass is 447 g/mol. The number of benzene rings is 2. The van der Waals surface area contributed by atoms with Crippen molar-refractivity contribution in [2.75, 3.05) is 25.0 Å². The molecule has 0 aliphatic carbocycles. The molecule has 174 valence electrons. The van der Waals surface area contributed by atoms with Crippen LogP contribution in [0.1, 0.15) is 29.2 Å². The van der Waals surface area contributed by atoms with Crippen molar-refractivity contribution in [2.45, 2.75) is 52.7 Å². The molecule has 2 aromatic rings. The minimum absolute atomic E-state index is 0.114. The number of nitrogens with zero attached hydrogens (tertiary/aromatic N) is 4. The lowest BCUT2D eigenvalue weighted by Gasteiger charge is -2.46. The third kappa shape index (κ3) is 3.69. The smallest absolute Gasteiger partial charge is 0.328 e. The van der Waals surface area contributed by atoms with E-state index in [1.165, 1.54) is 10.5 Å². The standard InChI is InChI=1S/C26H33N5O2/c1-16-7-6-8-21(12-16)29-13-18(3)14-30-22-23(27-25(29)30)28(5)26(33)31(24(22)32)15-20-11-17(2)9-10-19(20)4/h6-12,18,22-23,25,27H,13-15H2,1-5H3. The molecule has 3 aliphatic heterocycles. The quantitative estimate of drug-likeness (QED) is 0.784. The minimum atomic E-state index is -0.405. The maximum Gasteiger partial charge on any atom is 0.328 e. The molecule has 3 heterocycles. The van der Waals surface area contributed by atoms with Crippen LogP contribution in [0.3, 0.4) is 0 Å². The average Bonchev–Trinajstić information content (AvgIpc) is 3.16. The van der Waals surface area contributed by atoms with Crippen LogP contribution in [0.4, 0.5) is 10.5 Å². The number of nitrogens with one attached hydrogen (secondary N) is 1. The van der Waals surface area contributed by atoms with E-state index in [0.717, 1.165) is 35.5 Å². The summed E-state index contributed by atoms with van der Waals surface area (Å²) >= 11 is 0. The number of carbonyl (C=O) groups excluding carboxylic acids is 2. The number of anilines is 1. The van der Waals surface area contributed by atoms with Gasteiger partial charge in [0, 0.05) is 25.8 Å². The fourth-order valence-corrected chi connectivity index (χ4v) is 5.51. The van der Waals surface area contributed by atoms with Crippen LogP contribution in [0.2, 0.25) is 0 Å². The lowest BCUT2D eigenvalue weighted by atomic mass is 10.0. The third-order valence-electron chi connectivity index (χ3n) is 7.25. The van der Waals surface area contributed by atoms with Gasteiger partial charge >= 0.3 is 6.03 Å². The Morgan fingerprint density at radius 3 is 2.52 bits per heavy atom. The van der Waals surface area contributed by atoms with Crippen LogP contribution in [0, 0.1) is 26.7 Å². The Kier molecular flexibility index (Phi) is 5.41. The molecule has 7 nitrogen and oxygen atoms in total. The Bertz CT molecular complexity index is 1100. The summed E-state index contributed by atoms with van der Waals surface area (Å²) in [6.45, 7) is 10.4. The normalized spacial score (nSPS) is 27.7. The van der Waals surface area contributed by atoms with Crippen molar-refractivity contribution in [3.63, 3.8) is 0 Å². The van der Waals surface area contributed by atoms with E-state index >= 15 is 0 Å². The summed E-state index contributed by atoms with van der Waals surface area (Å²) in [5, 5.41) is 3.61. The summed E-state index contributed by atoms with van der Waals surface area (Å²) in [5.74, 6) is 0.280. The number of carbonyl (C=O) groups is 2. The minimum Gasteiger partial charge on any atom is -0.343 e. The molecule has 3 aliphatic rings. The zero-order chi connectivity index (χ0) is 23.4. The van der Waals surface area contributed by atoms with Gasteiger partial charge in [-0.25, -0.2) is 4.79 Å². The maximum atomic E-state index is 13.8. The first kappa shape index (κ1) is 21.9. The van der Waals surface area contributed by atoms with Crippen molar-refractivity contribution < 1.29 is 9.59 Å². The second-order valence-electron chi connectivity index (χ2n) is 9.97. The average molecular weight is 448 g/mol. The number of urea groups is 1. The number of rotatable bonds is 3. The number of fused-ring (bicyclic) bond motifs is 3. The molecule has 33 heavy (non-hydrogen) atoms. The van der Waals surface area contributed by atoms with Crippen molar-refractivity contribution >= 4 is 17.6 Å². The molecule has 0 bridgehead atoms. The highest BCUT2D eigenvalue weighted by Gasteiger charge is 2.56. The van der Waals surface area contributed by atoms with Crippen molar-refractivity contribution in [3.8, 4) is 0 Å². The summed E-state index contributed by atoms with van der Waals surface area (Å²) in [4.78, 5) is 34.8. The molecule has 0 aromatic heterocycles. The lowest BCUT2D eigenvalue weighted by Crippen LogP contribution is -2.66. The Balaban J connectivity index is 1.47. The van der Waals surface area contributed by atoms with Crippen LogP contribution in [0.15, 0.2) is 42.5 Å². The third-order valence-corrected chi connectivity index (χ3v) is 7.25. The molecule has 0 radical (unpaired) electrons.